The lowest BCUT2D eigenvalue weighted by molar-refractivity contribution is -0.241. The zero-order valence-electron chi connectivity index (χ0n) is 21.6. The van der Waals surface area contributed by atoms with Gasteiger partial charge in [-0.3, -0.25) is 4.84 Å². The zero-order chi connectivity index (χ0) is 25.5. The molecule has 5 rings (SSSR count). The number of nitrogens with one attached hydrogen (secondary N) is 1. The van der Waals surface area contributed by atoms with Crippen molar-refractivity contribution in [1.82, 2.24) is 5.48 Å². The van der Waals surface area contributed by atoms with Gasteiger partial charge in [0.2, 0.25) is 0 Å². The van der Waals surface area contributed by atoms with Crippen molar-refractivity contribution in [3.8, 4) is 11.5 Å². The van der Waals surface area contributed by atoms with Crippen molar-refractivity contribution in [3.63, 3.8) is 0 Å². The van der Waals surface area contributed by atoms with Crippen molar-refractivity contribution in [3.05, 3.63) is 70.1 Å². The largest absolute Gasteiger partial charge is 0.493 e. The summed E-state index contributed by atoms with van der Waals surface area (Å²) in [6.45, 7) is 0.287. The molecule has 0 unspecified atom stereocenters. The molecule has 1 N–H and O–H groups in total. The fourth-order valence-electron chi connectivity index (χ4n) is 6.14. The van der Waals surface area contributed by atoms with Crippen LogP contribution in [0.3, 0.4) is 0 Å². The molecule has 198 valence electrons. The highest BCUT2D eigenvalue weighted by molar-refractivity contribution is 5.44. The van der Waals surface area contributed by atoms with E-state index in [4.69, 9.17) is 24.6 Å². The summed E-state index contributed by atoms with van der Waals surface area (Å²) >= 11 is 0. The number of methoxy groups -OCH3 is 1. The maximum absolute atomic E-state index is 8.96. The van der Waals surface area contributed by atoms with Gasteiger partial charge in [-0.25, -0.2) is 0 Å². The lowest BCUT2D eigenvalue weighted by atomic mass is 9.81. The summed E-state index contributed by atoms with van der Waals surface area (Å²) in [5.74, 6) is 1.91. The van der Waals surface area contributed by atoms with Gasteiger partial charge in [-0.05, 0) is 67.3 Å². The lowest BCUT2D eigenvalue weighted by Gasteiger charge is -2.40. The summed E-state index contributed by atoms with van der Waals surface area (Å²) < 4.78 is 18.6. The van der Waals surface area contributed by atoms with Gasteiger partial charge < -0.3 is 14.2 Å². The summed E-state index contributed by atoms with van der Waals surface area (Å²) in [4.78, 5) is 8.98. The van der Waals surface area contributed by atoms with Gasteiger partial charge in [0.15, 0.2) is 17.8 Å². The van der Waals surface area contributed by atoms with Crippen LogP contribution in [0.2, 0.25) is 0 Å². The molecule has 8 heteroatoms. The Balaban J connectivity index is 1.35. The van der Waals surface area contributed by atoms with Crippen molar-refractivity contribution >= 4 is 0 Å². The van der Waals surface area contributed by atoms with Crippen LogP contribution in [0.4, 0.5) is 0 Å². The minimum atomic E-state index is -0.400. The second kappa shape index (κ2) is 12.7. The van der Waals surface area contributed by atoms with Crippen LogP contribution in [-0.4, -0.2) is 38.2 Å². The molecule has 3 fully saturated rings. The average molecular weight is 507 g/mol. The highest BCUT2D eigenvalue weighted by Crippen LogP contribution is 2.40. The van der Waals surface area contributed by atoms with E-state index in [-0.39, 0.29) is 30.7 Å². The molecule has 2 aromatic rings. The van der Waals surface area contributed by atoms with E-state index >= 15 is 0 Å². The van der Waals surface area contributed by atoms with Crippen molar-refractivity contribution in [2.75, 3.05) is 13.7 Å². The third kappa shape index (κ3) is 6.39. The molecule has 2 saturated carbocycles. The Morgan fingerprint density at radius 3 is 2.51 bits per heavy atom. The van der Waals surface area contributed by atoms with E-state index < -0.39 is 6.29 Å². The smallest absolute Gasteiger partial charge is 0.178 e. The van der Waals surface area contributed by atoms with Gasteiger partial charge >= 0.3 is 0 Å². The lowest BCUT2D eigenvalue weighted by Crippen LogP contribution is -2.48. The molecule has 0 amide bonds. The molecule has 0 spiro atoms. The van der Waals surface area contributed by atoms with Crippen molar-refractivity contribution in [1.29, 1.82) is 0 Å². The molecular weight excluding hydrogens is 468 g/mol. The van der Waals surface area contributed by atoms with Crippen LogP contribution in [0.1, 0.15) is 80.8 Å². The summed E-state index contributed by atoms with van der Waals surface area (Å²) in [6, 6.07) is 16.6. The molecule has 2 aliphatic carbocycles. The predicted molar refractivity (Wildman–Crippen MR) is 142 cm³/mol. The molecule has 37 heavy (non-hydrogen) atoms. The van der Waals surface area contributed by atoms with Gasteiger partial charge in [-0.2, -0.15) is 5.48 Å². The normalized spacial score (nSPS) is 28.4. The molecule has 1 aliphatic heterocycles. The topological polar surface area (TPSA) is 97.7 Å². The first-order valence-corrected chi connectivity index (χ1v) is 13.7. The van der Waals surface area contributed by atoms with Crippen LogP contribution in [0.25, 0.3) is 10.4 Å². The summed E-state index contributed by atoms with van der Waals surface area (Å²) in [5.41, 5.74) is 14.5. The number of hydrogen-bond donors (Lipinski definition) is 1. The van der Waals surface area contributed by atoms with Gasteiger partial charge in [-0.1, -0.05) is 54.4 Å². The Kier molecular flexibility index (Phi) is 8.84. The Morgan fingerprint density at radius 2 is 1.73 bits per heavy atom. The molecule has 0 bridgehead atoms. The van der Waals surface area contributed by atoms with E-state index in [1.165, 1.54) is 24.8 Å². The van der Waals surface area contributed by atoms with Gasteiger partial charge in [-0.15, -0.1) is 0 Å². The number of benzene rings is 2. The highest BCUT2D eigenvalue weighted by Gasteiger charge is 2.37. The number of azide groups is 1. The quantitative estimate of drug-likeness (QED) is 0.230. The highest BCUT2D eigenvalue weighted by atomic mass is 16.8. The standard InChI is InChI=1S/C29H38N4O4/c1-34-27-16-15-21(17-28(27)35-22-11-5-6-12-22)24-18-29(37-32-25(24)19-31-33-30)36-26-14-8-7-13-23(26)20-9-3-2-4-10-20/h2-4,9-10,15-17,22-26,29,32H,5-8,11-14,18-19H2,1H3/t23-,24+,25+,26+,29+/m1/s1. The maximum atomic E-state index is 8.96. The first-order chi connectivity index (χ1) is 18.2. The fourth-order valence-corrected chi connectivity index (χ4v) is 6.14. The molecule has 8 nitrogen and oxygen atoms in total. The number of nitrogens with zero attached hydrogens (tertiary/aromatic N) is 3. The van der Waals surface area contributed by atoms with Crippen LogP contribution in [-0.2, 0) is 9.57 Å². The van der Waals surface area contributed by atoms with Crippen LogP contribution >= 0.6 is 0 Å². The van der Waals surface area contributed by atoms with Crippen molar-refractivity contribution < 1.29 is 19.0 Å². The third-order valence-electron chi connectivity index (χ3n) is 8.09. The number of hydroxylamine groups is 1. The van der Waals surface area contributed by atoms with E-state index in [0.29, 0.717) is 12.3 Å². The van der Waals surface area contributed by atoms with Crippen molar-refractivity contribution in [2.45, 2.75) is 94.2 Å². The molecule has 1 heterocycles. The second-order valence-electron chi connectivity index (χ2n) is 10.4. The first kappa shape index (κ1) is 25.9. The fraction of sp³-hybridized carbons (Fsp3) is 0.586. The Morgan fingerprint density at radius 1 is 0.946 bits per heavy atom. The van der Waals surface area contributed by atoms with Crippen molar-refractivity contribution in [2.24, 2.45) is 5.11 Å². The predicted octanol–water partition coefficient (Wildman–Crippen LogP) is 6.77. The summed E-state index contributed by atoms with van der Waals surface area (Å²) in [5, 5.41) is 3.84. The minimum absolute atomic E-state index is 0.0276. The van der Waals surface area contributed by atoms with Gasteiger partial charge in [0.25, 0.3) is 0 Å². The van der Waals surface area contributed by atoms with E-state index in [2.05, 4.69) is 58.0 Å². The second-order valence-corrected chi connectivity index (χ2v) is 10.4. The molecule has 5 atom stereocenters. The minimum Gasteiger partial charge on any atom is -0.493 e. The summed E-state index contributed by atoms with van der Waals surface area (Å²) in [6.07, 6.45) is 9.68. The maximum Gasteiger partial charge on any atom is 0.178 e. The Hall–Kier alpha value is -2.77. The number of hydrogen-bond acceptors (Lipinski definition) is 6. The van der Waals surface area contributed by atoms with Gasteiger partial charge in [0.1, 0.15) is 0 Å². The molecule has 1 saturated heterocycles. The van der Waals surface area contributed by atoms with Crippen LogP contribution in [0.5, 0.6) is 11.5 Å². The third-order valence-corrected chi connectivity index (χ3v) is 8.09. The summed E-state index contributed by atoms with van der Waals surface area (Å²) in [7, 11) is 1.67. The monoisotopic (exact) mass is 506 g/mol. The molecule has 2 aromatic carbocycles. The number of rotatable bonds is 9. The van der Waals surface area contributed by atoms with E-state index in [1.54, 1.807) is 7.11 Å². The number of ether oxygens (including phenoxy) is 3. The SMILES string of the molecule is COc1ccc([C@@H]2C[C@@H](O[C@H]3CCCC[C@@H]3c3ccccc3)ON[C@H]2CN=[N+]=[N-])cc1OC1CCCC1. The molecule has 0 aromatic heterocycles. The Labute approximate surface area is 219 Å². The van der Waals surface area contributed by atoms with Crippen LogP contribution < -0.4 is 15.0 Å². The van der Waals surface area contributed by atoms with E-state index in [0.717, 1.165) is 49.2 Å². The zero-order valence-corrected chi connectivity index (χ0v) is 21.6. The van der Waals surface area contributed by atoms with Crippen LogP contribution in [0.15, 0.2) is 53.6 Å². The van der Waals surface area contributed by atoms with Gasteiger partial charge in [0.05, 0.1) is 19.3 Å². The Bertz CT molecular complexity index is 1060. The molecule has 3 aliphatic rings. The average Bonchev–Trinajstić information content (AvgIpc) is 3.46. The van der Waals surface area contributed by atoms with E-state index in [9.17, 15) is 0 Å². The molecule has 0 radical (unpaired) electrons. The molecular formula is C29H38N4O4. The first-order valence-electron chi connectivity index (χ1n) is 13.7. The van der Waals surface area contributed by atoms with Gasteiger partial charge in [0, 0.05) is 35.8 Å². The van der Waals surface area contributed by atoms with E-state index in [1.807, 2.05) is 6.07 Å². The van der Waals surface area contributed by atoms with Crippen LogP contribution in [0, 0.1) is 0 Å².